The van der Waals surface area contributed by atoms with Gasteiger partial charge in [-0.1, -0.05) is 36.4 Å². The monoisotopic (exact) mass is 501 g/mol. The van der Waals surface area contributed by atoms with Gasteiger partial charge in [0.05, 0.1) is 24.5 Å². The number of nitrogens with one attached hydrogen (secondary N) is 2. The normalized spacial score (nSPS) is 11.3. The van der Waals surface area contributed by atoms with Gasteiger partial charge >= 0.3 is 0 Å². The highest BCUT2D eigenvalue weighted by Gasteiger charge is 2.10. The van der Waals surface area contributed by atoms with Crippen molar-refractivity contribution in [1.29, 1.82) is 0 Å². The number of guanidine groups is 1. The van der Waals surface area contributed by atoms with Crippen molar-refractivity contribution in [1.82, 2.24) is 20.4 Å². The molecule has 7 heteroatoms. The van der Waals surface area contributed by atoms with Crippen molar-refractivity contribution >= 4 is 40.9 Å². The lowest BCUT2D eigenvalue weighted by molar-refractivity contribution is 0.534. The summed E-state index contributed by atoms with van der Waals surface area (Å²) in [5.41, 5.74) is 4.04. The second-order valence-corrected chi connectivity index (χ2v) is 6.51. The van der Waals surface area contributed by atoms with E-state index < -0.39 is 0 Å². The van der Waals surface area contributed by atoms with E-state index in [-0.39, 0.29) is 24.0 Å². The minimum atomic E-state index is 0. The molecule has 4 rings (SSSR count). The summed E-state index contributed by atoms with van der Waals surface area (Å²) in [5, 5.41) is 12.3. The molecule has 4 aromatic rings. The zero-order valence-electron chi connectivity index (χ0n) is 16.4. The van der Waals surface area contributed by atoms with Gasteiger partial charge in [-0.15, -0.1) is 24.0 Å². The molecule has 2 heterocycles. The second-order valence-electron chi connectivity index (χ2n) is 6.51. The fraction of sp³-hybridized carbons (Fsp3) is 0.182. The molecule has 0 aliphatic heterocycles. The zero-order valence-corrected chi connectivity index (χ0v) is 18.8. The van der Waals surface area contributed by atoms with Gasteiger partial charge in [-0.25, -0.2) is 4.68 Å². The van der Waals surface area contributed by atoms with Crippen molar-refractivity contribution in [3.63, 3.8) is 0 Å². The lowest BCUT2D eigenvalue weighted by Gasteiger charge is -2.10. The van der Waals surface area contributed by atoms with E-state index in [1.165, 1.54) is 0 Å². The molecule has 0 aliphatic rings. The van der Waals surface area contributed by atoms with Gasteiger partial charge in [0.2, 0.25) is 0 Å². The molecule has 0 spiro atoms. The molecule has 0 aliphatic carbocycles. The largest absolute Gasteiger partial charge is 0.459 e. The Bertz CT molecular complexity index is 1100. The van der Waals surface area contributed by atoms with Crippen LogP contribution in [0.25, 0.3) is 16.7 Å². The highest BCUT2D eigenvalue weighted by molar-refractivity contribution is 14.0. The molecular weight excluding hydrogens is 477 g/mol. The highest BCUT2D eigenvalue weighted by Crippen LogP contribution is 2.24. The fourth-order valence-electron chi connectivity index (χ4n) is 3.13. The van der Waals surface area contributed by atoms with E-state index in [1.54, 1.807) is 7.05 Å². The molecule has 0 radical (unpaired) electrons. The fourth-order valence-corrected chi connectivity index (χ4v) is 3.13. The van der Waals surface area contributed by atoms with E-state index in [0.717, 1.165) is 33.7 Å². The van der Waals surface area contributed by atoms with Gasteiger partial charge in [0.15, 0.2) is 5.96 Å². The Balaban J connectivity index is 0.00000240. The van der Waals surface area contributed by atoms with E-state index in [9.17, 15) is 0 Å². The summed E-state index contributed by atoms with van der Waals surface area (Å²) in [5.74, 6) is 1.62. The Morgan fingerprint density at radius 3 is 2.48 bits per heavy atom. The van der Waals surface area contributed by atoms with Crippen molar-refractivity contribution in [3.8, 4) is 5.69 Å². The number of nitrogens with zero attached hydrogens (tertiary/aromatic N) is 3. The predicted octanol–water partition coefficient (Wildman–Crippen LogP) is 4.41. The topological polar surface area (TPSA) is 67.4 Å². The Hall–Kier alpha value is -2.81. The number of fused-ring (bicyclic) bond motifs is 1. The molecular formula is C22H24IN5O. The maximum absolute atomic E-state index is 5.95. The summed E-state index contributed by atoms with van der Waals surface area (Å²) in [4.78, 5) is 4.28. The predicted molar refractivity (Wildman–Crippen MR) is 127 cm³/mol. The van der Waals surface area contributed by atoms with Crippen LogP contribution in [0.3, 0.4) is 0 Å². The first-order valence-corrected chi connectivity index (χ1v) is 9.26. The number of aryl methyl sites for hydroxylation is 1. The number of rotatable bonds is 5. The van der Waals surface area contributed by atoms with Gasteiger partial charge in [-0.05, 0) is 31.2 Å². The average Bonchev–Trinajstić information content (AvgIpc) is 3.34. The van der Waals surface area contributed by atoms with Crippen LogP contribution >= 0.6 is 24.0 Å². The van der Waals surface area contributed by atoms with Crippen molar-refractivity contribution in [3.05, 3.63) is 83.9 Å². The Morgan fingerprint density at radius 2 is 1.72 bits per heavy atom. The van der Waals surface area contributed by atoms with Crippen molar-refractivity contribution in [2.45, 2.75) is 20.0 Å². The van der Waals surface area contributed by atoms with Gasteiger partial charge < -0.3 is 15.1 Å². The van der Waals surface area contributed by atoms with Gasteiger partial charge in [0.1, 0.15) is 11.3 Å². The minimum absolute atomic E-state index is 0. The minimum Gasteiger partial charge on any atom is -0.459 e. The smallest absolute Gasteiger partial charge is 0.191 e. The molecule has 2 N–H and O–H groups in total. The van der Waals surface area contributed by atoms with E-state index in [1.807, 2.05) is 65.5 Å². The average molecular weight is 501 g/mol. The van der Waals surface area contributed by atoms with E-state index >= 15 is 0 Å². The molecule has 2 aromatic heterocycles. The number of aliphatic imine (C=N–C) groups is 1. The first kappa shape index (κ1) is 20.9. The lowest BCUT2D eigenvalue weighted by atomic mass is 10.1. The standard InChI is InChI=1S/C22H23N5O.HI/c1-16-19-10-6-7-11-20(19)28-21(16)15-25-22(23-2)24-14-17-12-13-27(26-17)18-8-4-3-5-9-18;/h3-13H,14-15H2,1-2H3,(H2,23,24,25);1H. The molecule has 6 nitrogen and oxygen atoms in total. The summed E-state index contributed by atoms with van der Waals surface area (Å²) < 4.78 is 7.81. The number of halogens is 1. The van der Waals surface area contributed by atoms with E-state index in [4.69, 9.17) is 4.42 Å². The number of hydrogen-bond donors (Lipinski definition) is 2. The number of aromatic nitrogens is 2. The number of hydrogen-bond acceptors (Lipinski definition) is 3. The quantitative estimate of drug-likeness (QED) is 0.242. The third-order valence-corrected chi connectivity index (χ3v) is 4.68. The summed E-state index contributed by atoms with van der Waals surface area (Å²) in [6.45, 7) is 3.23. The molecule has 0 unspecified atom stereocenters. The van der Waals surface area contributed by atoms with Gasteiger partial charge in [0.25, 0.3) is 0 Å². The third-order valence-electron chi connectivity index (χ3n) is 4.68. The van der Waals surface area contributed by atoms with Gasteiger partial charge in [0, 0.05) is 24.2 Å². The maximum Gasteiger partial charge on any atom is 0.191 e. The van der Waals surface area contributed by atoms with E-state index in [0.29, 0.717) is 19.0 Å². The Morgan fingerprint density at radius 1 is 1.00 bits per heavy atom. The molecule has 2 aromatic carbocycles. The zero-order chi connectivity index (χ0) is 19.3. The SMILES string of the molecule is CN=C(NCc1ccn(-c2ccccc2)n1)NCc1oc2ccccc2c1C.I. The van der Waals surface area contributed by atoms with Crippen LogP contribution in [0.1, 0.15) is 17.0 Å². The Kier molecular flexibility index (Phi) is 6.92. The number of furan rings is 1. The van der Waals surface area contributed by atoms with Crippen LogP contribution in [0.5, 0.6) is 0 Å². The molecule has 0 amide bonds. The molecule has 0 bridgehead atoms. The summed E-state index contributed by atoms with van der Waals surface area (Å²) >= 11 is 0. The van der Waals surface area contributed by atoms with Crippen molar-refractivity contribution < 1.29 is 4.42 Å². The van der Waals surface area contributed by atoms with Gasteiger partial charge in [-0.2, -0.15) is 5.10 Å². The molecule has 29 heavy (non-hydrogen) atoms. The lowest BCUT2D eigenvalue weighted by Crippen LogP contribution is -2.36. The van der Waals surface area contributed by atoms with Crippen molar-refractivity contribution in [2.75, 3.05) is 7.05 Å². The summed E-state index contributed by atoms with van der Waals surface area (Å²) in [6, 6.07) is 20.1. The summed E-state index contributed by atoms with van der Waals surface area (Å²) in [7, 11) is 1.75. The van der Waals surface area contributed by atoms with E-state index in [2.05, 4.69) is 33.7 Å². The maximum atomic E-state index is 5.95. The van der Waals surface area contributed by atoms with Gasteiger partial charge in [-0.3, -0.25) is 4.99 Å². The molecule has 150 valence electrons. The second kappa shape index (κ2) is 9.60. The first-order valence-electron chi connectivity index (χ1n) is 9.26. The van der Waals surface area contributed by atoms with Crippen LogP contribution < -0.4 is 10.6 Å². The third kappa shape index (κ3) is 4.79. The van der Waals surface area contributed by atoms with Crippen LogP contribution in [0.4, 0.5) is 0 Å². The highest BCUT2D eigenvalue weighted by atomic mass is 127. The van der Waals surface area contributed by atoms with Crippen molar-refractivity contribution in [2.24, 2.45) is 4.99 Å². The van der Waals surface area contributed by atoms with Crippen LogP contribution in [-0.2, 0) is 13.1 Å². The molecule has 0 saturated heterocycles. The number of para-hydroxylation sites is 2. The molecule has 0 atom stereocenters. The first-order chi connectivity index (χ1) is 13.7. The summed E-state index contributed by atoms with van der Waals surface area (Å²) in [6.07, 6.45) is 1.96. The van der Waals surface area contributed by atoms with Crippen LogP contribution in [0.15, 0.2) is 76.3 Å². The van der Waals surface area contributed by atoms with Crippen LogP contribution in [-0.4, -0.2) is 22.8 Å². The van der Waals surface area contributed by atoms with Crippen LogP contribution in [0, 0.1) is 6.92 Å². The number of benzene rings is 2. The van der Waals surface area contributed by atoms with Crippen LogP contribution in [0.2, 0.25) is 0 Å². The molecule has 0 fully saturated rings. The Labute approximate surface area is 187 Å². The molecule has 0 saturated carbocycles.